The van der Waals surface area contributed by atoms with Gasteiger partial charge in [-0.05, 0) is 82.9 Å². The number of nitrogens with zero attached hydrogens (tertiary/aromatic N) is 1. The van der Waals surface area contributed by atoms with E-state index in [9.17, 15) is 0 Å². The first kappa shape index (κ1) is 31.7. The Bertz CT molecular complexity index is 1590. The summed E-state index contributed by atoms with van der Waals surface area (Å²) in [5, 5.41) is 0. The molecule has 0 bridgehead atoms. The second kappa shape index (κ2) is 15.8. The van der Waals surface area contributed by atoms with Gasteiger partial charge in [0.1, 0.15) is 48.4 Å². The molecule has 3 heterocycles. The highest BCUT2D eigenvalue weighted by atomic mass is 16.6. The summed E-state index contributed by atoms with van der Waals surface area (Å²) in [6.07, 6.45) is 2.22. The van der Waals surface area contributed by atoms with E-state index in [1.54, 1.807) is 6.20 Å². The van der Waals surface area contributed by atoms with Gasteiger partial charge in [-0.3, -0.25) is 0 Å². The van der Waals surface area contributed by atoms with Crippen molar-refractivity contribution in [2.45, 2.75) is 12.2 Å². The van der Waals surface area contributed by atoms with Crippen molar-refractivity contribution < 1.29 is 37.9 Å². The zero-order valence-corrected chi connectivity index (χ0v) is 26.5. The van der Waals surface area contributed by atoms with Crippen LogP contribution in [0.5, 0.6) is 34.6 Å². The summed E-state index contributed by atoms with van der Waals surface area (Å²) < 4.78 is 45.2. The predicted octanol–water partition coefficient (Wildman–Crippen LogP) is 7.59. The Balaban J connectivity index is 0.897. The third kappa shape index (κ3) is 9.33. The number of pyridine rings is 1. The van der Waals surface area contributed by atoms with Gasteiger partial charge in [0, 0.05) is 6.20 Å². The number of epoxide rings is 2. The molecule has 0 N–H and O–H groups in total. The summed E-state index contributed by atoms with van der Waals surface area (Å²) in [6, 6.07) is 35.4. The van der Waals surface area contributed by atoms with E-state index in [-0.39, 0.29) is 12.2 Å². The van der Waals surface area contributed by atoms with Gasteiger partial charge in [0.15, 0.2) is 5.75 Å². The Morgan fingerprint density at radius 1 is 0.500 bits per heavy atom. The zero-order valence-electron chi connectivity index (χ0n) is 26.5. The fraction of sp³-hybridized carbons (Fsp3) is 0.256. The maximum Gasteiger partial charge on any atom is 0.263 e. The number of hydrogen-bond acceptors (Lipinski definition) is 9. The van der Waals surface area contributed by atoms with Crippen LogP contribution in [0.15, 0.2) is 115 Å². The first-order chi connectivity index (χ1) is 23.7. The minimum Gasteiger partial charge on any atom is -0.491 e. The molecule has 2 unspecified atom stereocenters. The molecule has 48 heavy (non-hydrogen) atoms. The van der Waals surface area contributed by atoms with E-state index in [1.807, 2.05) is 109 Å². The van der Waals surface area contributed by atoms with Crippen LogP contribution >= 0.6 is 0 Å². The highest BCUT2D eigenvalue weighted by Gasteiger charge is 2.22. The van der Waals surface area contributed by atoms with E-state index in [1.165, 1.54) is 0 Å². The van der Waals surface area contributed by atoms with Crippen molar-refractivity contribution in [3.63, 3.8) is 0 Å². The summed E-state index contributed by atoms with van der Waals surface area (Å²) in [7, 11) is 0. The lowest BCUT2D eigenvalue weighted by Crippen LogP contribution is -2.10. The summed E-state index contributed by atoms with van der Waals surface area (Å²) in [5.74, 6) is 3.84. The van der Waals surface area contributed by atoms with Crippen molar-refractivity contribution >= 4 is 0 Å². The molecular formula is C39H37NO8. The Kier molecular flexibility index (Phi) is 10.4. The molecule has 5 aromatic rings. The number of aromatic nitrogens is 1. The molecule has 0 aliphatic carbocycles. The Labute approximate surface area is 279 Å². The van der Waals surface area contributed by atoms with Gasteiger partial charge in [0.2, 0.25) is 0 Å². The van der Waals surface area contributed by atoms with Gasteiger partial charge in [-0.2, -0.15) is 0 Å². The molecule has 2 saturated heterocycles. The lowest BCUT2D eigenvalue weighted by molar-refractivity contribution is 0.0878. The van der Waals surface area contributed by atoms with E-state index >= 15 is 0 Å². The van der Waals surface area contributed by atoms with Crippen LogP contribution in [0.2, 0.25) is 0 Å². The summed E-state index contributed by atoms with van der Waals surface area (Å²) in [5.41, 5.74) is 4.28. The molecule has 0 spiro atoms. The molecule has 4 aromatic carbocycles. The van der Waals surface area contributed by atoms with Crippen LogP contribution in [0.25, 0.3) is 22.3 Å². The fourth-order valence-corrected chi connectivity index (χ4v) is 4.88. The van der Waals surface area contributed by atoms with Gasteiger partial charge in [-0.1, -0.05) is 48.5 Å². The third-order valence-electron chi connectivity index (χ3n) is 7.67. The monoisotopic (exact) mass is 647 g/mol. The minimum atomic E-state index is 0.269. The van der Waals surface area contributed by atoms with Crippen LogP contribution in [0, 0.1) is 0 Å². The zero-order chi connectivity index (χ0) is 32.4. The molecule has 1 aromatic heterocycles. The lowest BCUT2D eigenvalue weighted by Gasteiger charge is -2.12. The standard InChI is InChI=1S/C39H37NO8/c1-2-38(47-34-15-7-30(8-16-34)28-3-11-32(12-4-28)43-22-20-41-24-36-26-45-36)39(40-19-1)48-35-17-9-31(10-18-35)29-5-13-33(14-6-29)44-23-21-42-25-37-27-46-37/h1-19,36-37H,20-27H2. The maximum atomic E-state index is 6.18. The quantitative estimate of drug-likeness (QED) is 0.0705. The Morgan fingerprint density at radius 2 is 0.917 bits per heavy atom. The molecule has 9 heteroatoms. The average molecular weight is 648 g/mol. The van der Waals surface area contributed by atoms with Crippen molar-refractivity contribution in [3.05, 3.63) is 115 Å². The van der Waals surface area contributed by atoms with Gasteiger partial charge in [-0.25, -0.2) is 4.98 Å². The Hall–Kier alpha value is -4.93. The van der Waals surface area contributed by atoms with Gasteiger partial charge < -0.3 is 37.9 Å². The highest BCUT2D eigenvalue weighted by molar-refractivity contribution is 5.66. The first-order valence-electron chi connectivity index (χ1n) is 16.1. The number of rotatable bonds is 18. The van der Waals surface area contributed by atoms with Crippen molar-refractivity contribution in [1.82, 2.24) is 4.98 Å². The fourth-order valence-electron chi connectivity index (χ4n) is 4.88. The van der Waals surface area contributed by atoms with E-state index in [2.05, 4.69) is 4.98 Å². The summed E-state index contributed by atoms with van der Waals surface area (Å²) >= 11 is 0. The van der Waals surface area contributed by atoms with Crippen LogP contribution in [-0.2, 0) is 18.9 Å². The SMILES string of the molecule is c1cnc(Oc2ccc(-c3ccc(OCCOCC4CO4)cc3)cc2)c(Oc2ccc(-c3ccc(OCCOCC4CO4)cc3)cc2)c1. The third-order valence-corrected chi connectivity index (χ3v) is 7.67. The molecule has 2 aliphatic rings. The van der Waals surface area contributed by atoms with E-state index < -0.39 is 0 Å². The van der Waals surface area contributed by atoms with E-state index in [0.717, 1.165) is 47.0 Å². The number of hydrogen-bond donors (Lipinski definition) is 0. The summed E-state index contributed by atoms with van der Waals surface area (Å²) in [4.78, 5) is 4.42. The van der Waals surface area contributed by atoms with Gasteiger partial charge in [0.25, 0.3) is 5.88 Å². The van der Waals surface area contributed by atoms with E-state index in [0.29, 0.717) is 62.8 Å². The molecule has 0 amide bonds. The molecule has 2 aliphatic heterocycles. The number of benzene rings is 4. The lowest BCUT2D eigenvalue weighted by atomic mass is 10.1. The molecule has 0 radical (unpaired) electrons. The molecule has 9 nitrogen and oxygen atoms in total. The molecule has 0 saturated carbocycles. The van der Waals surface area contributed by atoms with Crippen LogP contribution in [0.3, 0.4) is 0 Å². The Morgan fingerprint density at radius 3 is 1.35 bits per heavy atom. The van der Waals surface area contributed by atoms with Crippen LogP contribution in [0.1, 0.15) is 0 Å². The summed E-state index contributed by atoms with van der Waals surface area (Å²) in [6.45, 7) is 4.95. The molecule has 246 valence electrons. The molecular weight excluding hydrogens is 610 g/mol. The minimum absolute atomic E-state index is 0.269. The molecule has 2 fully saturated rings. The van der Waals surface area contributed by atoms with Gasteiger partial charge >= 0.3 is 0 Å². The van der Waals surface area contributed by atoms with Crippen molar-refractivity contribution in [2.75, 3.05) is 52.9 Å². The van der Waals surface area contributed by atoms with Crippen LogP contribution in [-0.4, -0.2) is 70.0 Å². The molecule has 7 rings (SSSR count). The second-order valence-electron chi connectivity index (χ2n) is 11.4. The van der Waals surface area contributed by atoms with Gasteiger partial charge in [-0.15, -0.1) is 0 Å². The molecule has 2 atom stereocenters. The average Bonchev–Trinajstić information content (AvgIpc) is 4.07. The van der Waals surface area contributed by atoms with Crippen molar-refractivity contribution in [2.24, 2.45) is 0 Å². The maximum absolute atomic E-state index is 6.18. The normalized spacial score (nSPS) is 16.2. The smallest absolute Gasteiger partial charge is 0.263 e. The van der Waals surface area contributed by atoms with Crippen molar-refractivity contribution in [1.29, 1.82) is 0 Å². The van der Waals surface area contributed by atoms with Crippen LogP contribution < -0.4 is 18.9 Å². The van der Waals surface area contributed by atoms with Crippen LogP contribution in [0.4, 0.5) is 0 Å². The van der Waals surface area contributed by atoms with Gasteiger partial charge in [0.05, 0.1) is 39.6 Å². The second-order valence-corrected chi connectivity index (χ2v) is 11.4. The number of ether oxygens (including phenoxy) is 8. The van der Waals surface area contributed by atoms with Crippen molar-refractivity contribution in [3.8, 4) is 56.9 Å². The highest BCUT2D eigenvalue weighted by Crippen LogP contribution is 2.34. The van der Waals surface area contributed by atoms with E-state index in [4.69, 9.17) is 37.9 Å². The largest absolute Gasteiger partial charge is 0.491 e. The topological polar surface area (TPSA) is 93.3 Å². The first-order valence-corrected chi connectivity index (χ1v) is 16.1. The predicted molar refractivity (Wildman–Crippen MR) is 180 cm³/mol.